The molecule has 1 heterocycles. The Kier molecular flexibility index (Phi) is 13.1. The van der Waals surface area contributed by atoms with Crippen LogP contribution in [0.3, 0.4) is 0 Å². The summed E-state index contributed by atoms with van der Waals surface area (Å²) in [6.45, 7) is 10.1. The van der Waals surface area contributed by atoms with Crippen LogP contribution in [-0.2, 0) is 14.8 Å². The van der Waals surface area contributed by atoms with Crippen molar-refractivity contribution >= 4 is 40.0 Å². The maximum Gasteiger partial charge on any atom is 0.215 e. The van der Waals surface area contributed by atoms with Crippen molar-refractivity contribution in [1.82, 2.24) is 14.9 Å². The Morgan fingerprint density at radius 1 is 1.17 bits per heavy atom. The SMILES string of the molecule is CCNC(=NCC(CC)CC)NCCS(=O)(=O)N1CCOCC1.I. The summed E-state index contributed by atoms with van der Waals surface area (Å²) in [5, 5.41) is 6.28. The summed E-state index contributed by atoms with van der Waals surface area (Å²) < 4.78 is 31.2. The van der Waals surface area contributed by atoms with E-state index in [1.165, 1.54) is 4.31 Å². The fourth-order valence-electron chi connectivity index (χ4n) is 2.36. The third-order valence-electron chi connectivity index (χ3n) is 4.02. The molecule has 0 aromatic rings. The van der Waals surface area contributed by atoms with Crippen molar-refractivity contribution in [2.24, 2.45) is 10.9 Å². The van der Waals surface area contributed by atoms with E-state index >= 15 is 0 Å². The summed E-state index contributed by atoms with van der Waals surface area (Å²) in [6.07, 6.45) is 2.20. The second kappa shape index (κ2) is 13.1. The van der Waals surface area contributed by atoms with E-state index in [-0.39, 0.29) is 29.7 Å². The molecule has 144 valence electrons. The van der Waals surface area contributed by atoms with E-state index in [9.17, 15) is 8.42 Å². The molecular weight excluding hydrogens is 443 g/mol. The summed E-state index contributed by atoms with van der Waals surface area (Å²) in [5.74, 6) is 1.33. The fraction of sp³-hybridized carbons (Fsp3) is 0.933. The lowest BCUT2D eigenvalue weighted by molar-refractivity contribution is 0.0730. The highest BCUT2D eigenvalue weighted by Crippen LogP contribution is 2.07. The number of nitrogens with zero attached hydrogens (tertiary/aromatic N) is 2. The number of nitrogens with one attached hydrogen (secondary N) is 2. The van der Waals surface area contributed by atoms with Gasteiger partial charge in [-0.05, 0) is 12.8 Å². The monoisotopic (exact) mass is 476 g/mol. The zero-order valence-corrected chi connectivity index (χ0v) is 18.2. The van der Waals surface area contributed by atoms with E-state index in [1.807, 2.05) is 6.92 Å². The molecule has 0 spiro atoms. The zero-order valence-electron chi connectivity index (χ0n) is 15.1. The van der Waals surface area contributed by atoms with Crippen molar-refractivity contribution in [2.75, 3.05) is 51.7 Å². The van der Waals surface area contributed by atoms with Crippen LogP contribution in [0.2, 0.25) is 0 Å². The number of rotatable bonds is 9. The minimum absolute atomic E-state index is 0. The highest BCUT2D eigenvalue weighted by molar-refractivity contribution is 14.0. The van der Waals surface area contributed by atoms with Gasteiger partial charge in [0.05, 0.1) is 19.0 Å². The van der Waals surface area contributed by atoms with E-state index in [4.69, 9.17) is 4.74 Å². The Labute approximate surface area is 164 Å². The largest absolute Gasteiger partial charge is 0.379 e. The maximum atomic E-state index is 12.3. The lowest BCUT2D eigenvalue weighted by Crippen LogP contribution is -2.45. The molecular formula is C15H33IN4O3S. The fourth-order valence-corrected chi connectivity index (χ4v) is 3.68. The minimum atomic E-state index is -3.23. The number of morpholine rings is 1. The predicted molar refractivity (Wildman–Crippen MR) is 110 cm³/mol. The first-order valence-electron chi connectivity index (χ1n) is 8.61. The molecule has 1 aliphatic heterocycles. The topological polar surface area (TPSA) is 83.0 Å². The second-order valence-corrected chi connectivity index (χ2v) is 7.74. The van der Waals surface area contributed by atoms with Crippen molar-refractivity contribution in [1.29, 1.82) is 0 Å². The van der Waals surface area contributed by atoms with Gasteiger partial charge in [-0.1, -0.05) is 26.7 Å². The number of guanidine groups is 1. The van der Waals surface area contributed by atoms with Gasteiger partial charge in [-0.3, -0.25) is 4.99 Å². The molecule has 7 nitrogen and oxygen atoms in total. The smallest absolute Gasteiger partial charge is 0.215 e. The molecule has 24 heavy (non-hydrogen) atoms. The van der Waals surface area contributed by atoms with E-state index < -0.39 is 10.0 Å². The molecule has 0 unspecified atom stereocenters. The Balaban J connectivity index is 0.00000529. The van der Waals surface area contributed by atoms with Gasteiger partial charge in [0.1, 0.15) is 0 Å². The molecule has 0 aliphatic carbocycles. The van der Waals surface area contributed by atoms with E-state index in [0.29, 0.717) is 44.7 Å². The van der Waals surface area contributed by atoms with Crippen LogP contribution >= 0.6 is 24.0 Å². The van der Waals surface area contributed by atoms with Crippen LogP contribution in [0, 0.1) is 5.92 Å². The number of sulfonamides is 1. The van der Waals surface area contributed by atoms with Crippen molar-refractivity contribution in [3.63, 3.8) is 0 Å². The summed E-state index contributed by atoms with van der Waals surface area (Å²) in [5.41, 5.74) is 0. The first-order valence-corrected chi connectivity index (χ1v) is 10.2. The van der Waals surface area contributed by atoms with E-state index in [0.717, 1.165) is 25.9 Å². The number of aliphatic imine (C=N–C) groups is 1. The van der Waals surface area contributed by atoms with Gasteiger partial charge in [0.2, 0.25) is 10.0 Å². The maximum absolute atomic E-state index is 12.3. The molecule has 1 aliphatic rings. The van der Waals surface area contributed by atoms with Crippen molar-refractivity contribution < 1.29 is 13.2 Å². The molecule has 1 saturated heterocycles. The van der Waals surface area contributed by atoms with Crippen LogP contribution in [0.25, 0.3) is 0 Å². The van der Waals surface area contributed by atoms with Crippen LogP contribution in [0.15, 0.2) is 4.99 Å². The van der Waals surface area contributed by atoms with Gasteiger partial charge in [0.25, 0.3) is 0 Å². The summed E-state index contributed by atoms with van der Waals surface area (Å²) in [4.78, 5) is 4.55. The van der Waals surface area contributed by atoms with Gasteiger partial charge in [-0.15, -0.1) is 24.0 Å². The second-order valence-electron chi connectivity index (χ2n) is 5.66. The van der Waals surface area contributed by atoms with Gasteiger partial charge >= 0.3 is 0 Å². The third-order valence-corrected chi connectivity index (χ3v) is 5.89. The Bertz CT molecular complexity index is 450. The van der Waals surface area contributed by atoms with Gasteiger partial charge in [0, 0.05) is 32.7 Å². The molecule has 1 rings (SSSR count). The van der Waals surface area contributed by atoms with Crippen molar-refractivity contribution in [3.8, 4) is 0 Å². The third kappa shape index (κ3) is 8.82. The molecule has 9 heteroatoms. The van der Waals surface area contributed by atoms with E-state index in [1.54, 1.807) is 0 Å². The Morgan fingerprint density at radius 2 is 1.79 bits per heavy atom. The van der Waals surface area contributed by atoms with E-state index in [2.05, 4.69) is 29.5 Å². The molecule has 0 bridgehead atoms. The van der Waals surface area contributed by atoms with Crippen molar-refractivity contribution in [3.05, 3.63) is 0 Å². The summed E-state index contributed by atoms with van der Waals surface area (Å²) >= 11 is 0. The predicted octanol–water partition coefficient (Wildman–Crippen LogP) is 1.26. The highest BCUT2D eigenvalue weighted by Gasteiger charge is 2.23. The van der Waals surface area contributed by atoms with Gasteiger partial charge in [0.15, 0.2) is 5.96 Å². The number of halogens is 1. The van der Waals surface area contributed by atoms with Crippen molar-refractivity contribution in [2.45, 2.75) is 33.6 Å². The van der Waals surface area contributed by atoms with Gasteiger partial charge < -0.3 is 15.4 Å². The molecule has 0 amide bonds. The first kappa shape index (κ1) is 23.9. The average molecular weight is 476 g/mol. The summed E-state index contributed by atoms with van der Waals surface area (Å²) in [6, 6.07) is 0. The quantitative estimate of drug-likeness (QED) is 0.298. The molecule has 0 radical (unpaired) electrons. The highest BCUT2D eigenvalue weighted by atomic mass is 127. The number of hydrogen-bond acceptors (Lipinski definition) is 4. The molecule has 0 aromatic heterocycles. The molecule has 1 fully saturated rings. The van der Waals surface area contributed by atoms with Crippen LogP contribution in [-0.4, -0.2) is 70.4 Å². The standard InChI is InChI=1S/C15H32N4O3S.HI/c1-4-14(5-2)13-18-15(16-6-3)17-7-12-23(20,21)19-8-10-22-11-9-19;/h14H,4-13H2,1-3H3,(H2,16,17,18);1H. The Morgan fingerprint density at radius 3 is 2.33 bits per heavy atom. The van der Waals surface area contributed by atoms with Crippen LogP contribution in [0.5, 0.6) is 0 Å². The normalized spacial score (nSPS) is 16.8. The number of hydrogen-bond donors (Lipinski definition) is 2. The molecule has 0 saturated carbocycles. The number of ether oxygens (including phenoxy) is 1. The van der Waals surface area contributed by atoms with Crippen LogP contribution in [0.1, 0.15) is 33.6 Å². The van der Waals surface area contributed by atoms with Gasteiger partial charge in [-0.25, -0.2) is 8.42 Å². The average Bonchev–Trinajstić information content (AvgIpc) is 2.56. The zero-order chi connectivity index (χ0) is 17.1. The molecule has 0 aromatic carbocycles. The van der Waals surface area contributed by atoms with Crippen LogP contribution < -0.4 is 10.6 Å². The first-order chi connectivity index (χ1) is 11.0. The summed E-state index contributed by atoms with van der Waals surface area (Å²) in [7, 11) is -3.23. The lowest BCUT2D eigenvalue weighted by Gasteiger charge is -2.26. The van der Waals surface area contributed by atoms with Gasteiger partial charge in [-0.2, -0.15) is 4.31 Å². The molecule has 0 atom stereocenters. The van der Waals surface area contributed by atoms with Crippen LogP contribution in [0.4, 0.5) is 0 Å². The molecule has 2 N–H and O–H groups in total. The Hall–Kier alpha value is -0.130. The lowest BCUT2D eigenvalue weighted by atomic mass is 10.0. The minimum Gasteiger partial charge on any atom is -0.379 e.